The van der Waals surface area contributed by atoms with Gasteiger partial charge >= 0.3 is 0 Å². The Hall–Kier alpha value is -0.740. The highest BCUT2D eigenvalue weighted by Crippen LogP contribution is 2.42. The minimum atomic E-state index is -0.657. The lowest BCUT2D eigenvalue weighted by atomic mass is 10.0. The van der Waals surface area contributed by atoms with Gasteiger partial charge in [0.2, 0.25) is 0 Å². The third-order valence-corrected chi connectivity index (χ3v) is 5.69. The minimum Gasteiger partial charge on any atom is -0.252 e. The van der Waals surface area contributed by atoms with Crippen LogP contribution in [0, 0.1) is 5.82 Å². The van der Waals surface area contributed by atoms with Crippen LogP contribution in [-0.2, 0) is 0 Å². The molecule has 128 valence electrons. The van der Waals surface area contributed by atoms with Gasteiger partial charge in [0.05, 0.1) is 30.1 Å². The molecule has 2 aromatic carbocycles. The zero-order valence-corrected chi connectivity index (χ0v) is 16.6. The molecular formula is C17H6Cl6FN. The van der Waals surface area contributed by atoms with Crippen LogP contribution in [0.4, 0.5) is 4.39 Å². The largest absolute Gasteiger partial charge is 0.252 e. The minimum absolute atomic E-state index is 0.0319. The predicted molar refractivity (Wildman–Crippen MR) is 105 cm³/mol. The van der Waals surface area contributed by atoms with E-state index in [1.54, 1.807) is 12.1 Å². The van der Waals surface area contributed by atoms with Gasteiger partial charge in [-0.15, -0.1) is 0 Å². The molecule has 0 saturated heterocycles. The third-order valence-electron chi connectivity index (χ3n) is 3.45. The van der Waals surface area contributed by atoms with Gasteiger partial charge in [-0.2, -0.15) is 0 Å². The summed E-state index contributed by atoms with van der Waals surface area (Å²) in [6.45, 7) is 0. The van der Waals surface area contributed by atoms with Gasteiger partial charge in [-0.05, 0) is 30.3 Å². The first-order valence-electron chi connectivity index (χ1n) is 6.74. The monoisotopic (exact) mass is 453 g/mol. The van der Waals surface area contributed by atoms with Crippen LogP contribution in [0.5, 0.6) is 0 Å². The van der Waals surface area contributed by atoms with Gasteiger partial charge in [-0.1, -0.05) is 69.6 Å². The lowest BCUT2D eigenvalue weighted by molar-refractivity contribution is 0.626. The van der Waals surface area contributed by atoms with Crippen LogP contribution in [0.15, 0.2) is 36.5 Å². The first-order valence-corrected chi connectivity index (χ1v) is 9.01. The summed E-state index contributed by atoms with van der Waals surface area (Å²) in [5, 5.41) is 1.42. The topological polar surface area (TPSA) is 12.9 Å². The van der Waals surface area contributed by atoms with E-state index in [0.717, 1.165) is 0 Å². The van der Waals surface area contributed by atoms with Gasteiger partial charge in [-0.25, -0.2) is 4.39 Å². The van der Waals surface area contributed by atoms with Gasteiger partial charge in [0, 0.05) is 22.9 Å². The van der Waals surface area contributed by atoms with Crippen LogP contribution in [0.1, 0.15) is 0 Å². The van der Waals surface area contributed by atoms with Gasteiger partial charge in [0.1, 0.15) is 11.5 Å². The summed E-state index contributed by atoms with van der Waals surface area (Å²) < 4.78 is 14.7. The zero-order chi connectivity index (χ0) is 18.3. The Bertz CT molecular complexity index is 989. The van der Waals surface area contributed by atoms with Crippen LogP contribution in [0.3, 0.4) is 0 Å². The third kappa shape index (κ3) is 3.57. The number of pyridine rings is 1. The highest BCUT2D eigenvalue weighted by atomic mass is 35.5. The van der Waals surface area contributed by atoms with Crippen molar-refractivity contribution >= 4 is 69.6 Å². The van der Waals surface area contributed by atoms with E-state index < -0.39 is 5.82 Å². The van der Waals surface area contributed by atoms with Crippen LogP contribution in [-0.4, -0.2) is 4.98 Å². The smallest absolute Gasteiger partial charge is 0.150 e. The van der Waals surface area contributed by atoms with Gasteiger partial charge in [-0.3, -0.25) is 4.98 Å². The zero-order valence-electron chi connectivity index (χ0n) is 12.1. The molecule has 0 bridgehead atoms. The first kappa shape index (κ1) is 19.0. The fourth-order valence-corrected chi connectivity index (χ4v) is 3.75. The number of hydrogen-bond donors (Lipinski definition) is 0. The maximum atomic E-state index is 14.7. The average molecular weight is 456 g/mol. The molecule has 0 unspecified atom stereocenters. The van der Waals surface area contributed by atoms with Crippen molar-refractivity contribution in [3.63, 3.8) is 0 Å². The first-order chi connectivity index (χ1) is 11.8. The van der Waals surface area contributed by atoms with Gasteiger partial charge in [0.15, 0.2) is 0 Å². The Morgan fingerprint density at radius 2 is 1.16 bits per heavy atom. The van der Waals surface area contributed by atoms with Crippen molar-refractivity contribution in [1.82, 2.24) is 4.98 Å². The summed E-state index contributed by atoms with van der Waals surface area (Å²) >= 11 is 36.6. The van der Waals surface area contributed by atoms with E-state index in [4.69, 9.17) is 69.6 Å². The second-order valence-electron chi connectivity index (χ2n) is 4.99. The molecule has 0 atom stereocenters. The molecular weight excluding hydrogens is 450 g/mol. The van der Waals surface area contributed by atoms with Crippen molar-refractivity contribution in [2.24, 2.45) is 0 Å². The molecule has 0 amide bonds. The van der Waals surface area contributed by atoms with Crippen molar-refractivity contribution in [3.8, 4) is 22.4 Å². The molecule has 25 heavy (non-hydrogen) atoms. The molecule has 0 aliphatic rings. The molecule has 0 aliphatic carbocycles. The SMILES string of the molecule is Fc1cc(-c2c(Cl)ccc(Cl)c2Cl)cnc1-c1c(Cl)ccc(Cl)c1Cl. The molecule has 3 aromatic rings. The Morgan fingerprint density at radius 3 is 1.72 bits per heavy atom. The highest BCUT2D eigenvalue weighted by Gasteiger charge is 2.19. The quantitative estimate of drug-likeness (QED) is 0.353. The summed E-state index contributed by atoms with van der Waals surface area (Å²) in [6, 6.07) is 7.40. The van der Waals surface area contributed by atoms with E-state index in [-0.39, 0.29) is 31.3 Å². The van der Waals surface area contributed by atoms with Crippen molar-refractivity contribution in [1.29, 1.82) is 0 Å². The van der Waals surface area contributed by atoms with E-state index in [1.807, 2.05) is 0 Å². The molecule has 0 fully saturated rings. The van der Waals surface area contributed by atoms with Gasteiger partial charge < -0.3 is 0 Å². The summed E-state index contributed by atoms with van der Waals surface area (Å²) in [5.41, 5.74) is 0.934. The van der Waals surface area contributed by atoms with Crippen LogP contribution in [0.2, 0.25) is 30.1 Å². The van der Waals surface area contributed by atoms with Crippen molar-refractivity contribution in [2.45, 2.75) is 0 Å². The molecule has 8 heteroatoms. The maximum absolute atomic E-state index is 14.7. The lowest BCUT2D eigenvalue weighted by Gasteiger charge is -2.12. The highest BCUT2D eigenvalue weighted by molar-refractivity contribution is 6.46. The summed E-state index contributed by atoms with van der Waals surface area (Å²) in [4.78, 5) is 4.14. The average Bonchev–Trinajstić information content (AvgIpc) is 2.57. The van der Waals surface area contributed by atoms with E-state index in [1.165, 1.54) is 24.4 Å². The Morgan fingerprint density at radius 1 is 0.680 bits per heavy atom. The summed E-state index contributed by atoms with van der Waals surface area (Å²) in [5.74, 6) is -0.657. The van der Waals surface area contributed by atoms with Crippen LogP contribution >= 0.6 is 69.6 Å². The van der Waals surface area contributed by atoms with Crippen LogP contribution in [0.25, 0.3) is 22.4 Å². The second kappa shape index (κ2) is 7.48. The molecule has 0 saturated carbocycles. The number of halogens is 7. The number of aromatic nitrogens is 1. The Kier molecular flexibility index (Phi) is 5.69. The molecule has 0 radical (unpaired) electrons. The normalized spacial score (nSPS) is 11.0. The number of hydrogen-bond acceptors (Lipinski definition) is 1. The molecule has 0 aliphatic heterocycles. The molecule has 1 heterocycles. The summed E-state index contributed by atoms with van der Waals surface area (Å²) in [6.07, 6.45) is 1.41. The lowest BCUT2D eigenvalue weighted by Crippen LogP contribution is -1.94. The van der Waals surface area contributed by atoms with E-state index in [0.29, 0.717) is 21.2 Å². The summed E-state index contributed by atoms with van der Waals surface area (Å²) in [7, 11) is 0. The fraction of sp³-hybridized carbons (Fsp3) is 0. The van der Waals surface area contributed by atoms with Crippen molar-refractivity contribution in [3.05, 3.63) is 72.5 Å². The standard InChI is InChI=1S/C17H6Cl6FN/c18-8-1-3-10(20)15(22)13(8)7-5-12(24)17(25-6-7)14-9(19)2-4-11(21)16(14)23/h1-6H. The number of benzene rings is 2. The predicted octanol–water partition coefficient (Wildman–Crippen LogP) is 8.48. The fourth-order valence-electron chi connectivity index (χ4n) is 2.29. The molecule has 3 rings (SSSR count). The number of rotatable bonds is 2. The Balaban J connectivity index is 2.19. The van der Waals surface area contributed by atoms with E-state index in [9.17, 15) is 4.39 Å². The molecule has 1 nitrogen and oxygen atoms in total. The maximum Gasteiger partial charge on any atom is 0.150 e. The molecule has 1 aromatic heterocycles. The molecule has 0 N–H and O–H groups in total. The second-order valence-corrected chi connectivity index (χ2v) is 7.38. The van der Waals surface area contributed by atoms with Crippen LogP contribution < -0.4 is 0 Å². The van der Waals surface area contributed by atoms with Crippen molar-refractivity contribution < 1.29 is 4.39 Å². The van der Waals surface area contributed by atoms with E-state index in [2.05, 4.69) is 4.98 Å². The molecule has 0 spiro atoms. The van der Waals surface area contributed by atoms with Crippen molar-refractivity contribution in [2.75, 3.05) is 0 Å². The van der Waals surface area contributed by atoms with E-state index >= 15 is 0 Å². The number of nitrogens with zero attached hydrogens (tertiary/aromatic N) is 1. The Labute approximate surface area is 173 Å². The van der Waals surface area contributed by atoms with Gasteiger partial charge in [0.25, 0.3) is 0 Å².